The second-order valence-electron chi connectivity index (χ2n) is 5.62. The van der Waals surface area contributed by atoms with Crippen LogP contribution < -0.4 is 4.74 Å². The van der Waals surface area contributed by atoms with Crippen LogP contribution in [0.15, 0.2) is 17.0 Å². The van der Waals surface area contributed by atoms with Crippen LogP contribution in [0.5, 0.6) is 5.75 Å². The molecule has 20 heavy (non-hydrogen) atoms. The minimum atomic E-state index is -3.41. The van der Waals surface area contributed by atoms with Crippen molar-refractivity contribution in [2.24, 2.45) is 0 Å². The first-order valence-corrected chi connectivity index (χ1v) is 8.50. The third kappa shape index (κ3) is 4.11. The first-order valence-electron chi connectivity index (χ1n) is 6.24. The molecule has 0 atom stereocenters. The van der Waals surface area contributed by atoms with E-state index in [-0.39, 0.29) is 22.7 Å². The van der Waals surface area contributed by atoms with Gasteiger partial charge in [0.2, 0.25) is 0 Å². The summed E-state index contributed by atoms with van der Waals surface area (Å²) in [7, 11) is -1.86. The van der Waals surface area contributed by atoms with E-state index in [0.29, 0.717) is 11.6 Å². The molecule has 0 radical (unpaired) electrons. The number of benzene rings is 1. The van der Waals surface area contributed by atoms with Crippen molar-refractivity contribution >= 4 is 21.4 Å². The monoisotopic (exact) mass is 320 g/mol. The highest BCUT2D eigenvalue weighted by atomic mass is 35.5. The Morgan fingerprint density at radius 3 is 2.25 bits per heavy atom. The number of sulfone groups is 1. The van der Waals surface area contributed by atoms with Gasteiger partial charge in [-0.15, -0.1) is 0 Å². The van der Waals surface area contributed by atoms with Crippen LogP contribution in [0.25, 0.3) is 0 Å². The van der Waals surface area contributed by atoms with Crippen molar-refractivity contribution in [3.8, 4) is 5.75 Å². The lowest BCUT2D eigenvalue weighted by molar-refractivity contribution is 0.144. The van der Waals surface area contributed by atoms with Crippen LogP contribution in [0.3, 0.4) is 0 Å². The fraction of sp³-hybridized carbons (Fsp3) is 0.571. The predicted molar refractivity (Wildman–Crippen MR) is 80.6 cm³/mol. The zero-order valence-corrected chi connectivity index (χ0v) is 14.1. The number of methoxy groups -OCH3 is 1. The Balaban J connectivity index is 3.39. The number of ether oxygens (including phenoxy) is 2. The number of halogens is 1. The Bertz CT molecular complexity index is 574. The van der Waals surface area contributed by atoms with Crippen molar-refractivity contribution in [2.45, 2.75) is 31.1 Å². The lowest BCUT2D eigenvalue weighted by atomic mass is 9.87. The standard InChI is InChI=1S/C14H21ClO4S/c1-14(2,3)10-6-7-11(20(5,16)17)13(12(10)15)19-9-8-18-4/h6-7H,8-9H2,1-5H3. The molecule has 114 valence electrons. The summed E-state index contributed by atoms with van der Waals surface area (Å²) in [5, 5.41) is 0.344. The van der Waals surface area contributed by atoms with Gasteiger partial charge in [-0.25, -0.2) is 8.42 Å². The van der Waals surface area contributed by atoms with E-state index in [9.17, 15) is 8.42 Å². The van der Waals surface area contributed by atoms with Crippen LogP contribution in [0.4, 0.5) is 0 Å². The Kier molecular flexibility index (Phi) is 5.46. The summed E-state index contributed by atoms with van der Waals surface area (Å²) in [4.78, 5) is 0.103. The largest absolute Gasteiger partial charge is 0.488 e. The first-order chi connectivity index (χ1) is 9.09. The summed E-state index contributed by atoms with van der Waals surface area (Å²) < 4.78 is 34.1. The second-order valence-corrected chi connectivity index (χ2v) is 7.98. The van der Waals surface area contributed by atoms with E-state index in [2.05, 4.69) is 0 Å². The molecular formula is C14H21ClO4S. The van der Waals surface area contributed by atoms with Gasteiger partial charge in [-0.2, -0.15) is 0 Å². The maximum absolute atomic E-state index is 11.8. The smallest absolute Gasteiger partial charge is 0.179 e. The Hall–Kier alpha value is -0.780. The molecule has 1 aromatic carbocycles. The molecule has 0 bridgehead atoms. The summed E-state index contributed by atoms with van der Waals surface area (Å²) >= 11 is 6.35. The minimum absolute atomic E-state index is 0.103. The van der Waals surface area contributed by atoms with Gasteiger partial charge in [0.15, 0.2) is 15.6 Å². The van der Waals surface area contributed by atoms with Crippen molar-refractivity contribution in [1.29, 1.82) is 0 Å². The van der Waals surface area contributed by atoms with Crippen LogP contribution in [0, 0.1) is 0 Å². The van der Waals surface area contributed by atoms with Gasteiger partial charge >= 0.3 is 0 Å². The molecule has 0 saturated carbocycles. The highest BCUT2D eigenvalue weighted by molar-refractivity contribution is 7.90. The summed E-state index contributed by atoms with van der Waals surface area (Å²) in [6.07, 6.45) is 1.14. The molecule has 4 nitrogen and oxygen atoms in total. The maximum atomic E-state index is 11.8. The van der Waals surface area contributed by atoms with Crippen LogP contribution in [0.1, 0.15) is 26.3 Å². The van der Waals surface area contributed by atoms with Crippen LogP contribution in [-0.2, 0) is 20.0 Å². The lowest BCUT2D eigenvalue weighted by Gasteiger charge is -2.23. The molecule has 0 heterocycles. The van der Waals surface area contributed by atoms with E-state index in [0.717, 1.165) is 11.8 Å². The highest BCUT2D eigenvalue weighted by Crippen LogP contribution is 2.40. The summed E-state index contributed by atoms with van der Waals surface area (Å²) in [5.74, 6) is 0.207. The van der Waals surface area contributed by atoms with Crippen molar-refractivity contribution in [1.82, 2.24) is 0 Å². The quantitative estimate of drug-likeness (QED) is 0.782. The Morgan fingerprint density at radius 1 is 1.20 bits per heavy atom. The van der Waals surface area contributed by atoms with Gasteiger partial charge in [0.05, 0.1) is 11.6 Å². The molecule has 0 aliphatic heterocycles. The van der Waals surface area contributed by atoms with Crippen molar-refractivity contribution in [2.75, 3.05) is 26.6 Å². The van der Waals surface area contributed by atoms with Crippen molar-refractivity contribution < 1.29 is 17.9 Å². The van der Waals surface area contributed by atoms with Gasteiger partial charge < -0.3 is 9.47 Å². The van der Waals surface area contributed by atoms with Crippen LogP contribution in [-0.4, -0.2) is 35.0 Å². The van der Waals surface area contributed by atoms with Crippen LogP contribution in [0.2, 0.25) is 5.02 Å². The zero-order chi connectivity index (χ0) is 15.6. The van der Waals surface area contributed by atoms with E-state index in [1.54, 1.807) is 19.2 Å². The maximum Gasteiger partial charge on any atom is 0.179 e. The van der Waals surface area contributed by atoms with E-state index < -0.39 is 9.84 Å². The molecular weight excluding hydrogens is 300 g/mol. The molecule has 0 unspecified atom stereocenters. The number of hydrogen-bond donors (Lipinski definition) is 0. The molecule has 0 aromatic heterocycles. The SMILES string of the molecule is COCCOc1c(S(C)(=O)=O)ccc(C(C)(C)C)c1Cl. The van der Waals surface area contributed by atoms with Crippen molar-refractivity contribution in [3.05, 3.63) is 22.7 Å². The van der Waals surface area contributed by atoms with Gasteiger partial charge in [0, 0.05) is 13.4 Å². The third-order valence-corrected chi connectivity index (χ3v) is 4.30. The molecule has 1 rings (SSSR count). The first kappa shape index (κ1) is 17.3. The average molecular weight is 321 g/mol. The number of hydrogen-bond acceptors (Lipinski definition) is 4. The predicted octanol–water partition coefficient (Wildman–Crippen LogP) is 3.07. The van der Waals surface area contributed by atoms with E-state index >= 15 is 0 Å². The topological polar surface area (TPSA) is 52.6 Å². The average Bonchev–Trinajstić information content (AvgIpc) is 2.28. The fourth-order valence-corrected chi connectivity index (χ4v) is 3.14. The second kappa shape index (κ2) is 6.33. The normalized spacial score (nSPS) is 12.5. The van der Waals surface area contributed by atoms with E-state index in [1.165, 1.54) is 0 Å². The van der Waals surface area contributed by atoms with E-state index in [4.69, 9.17) is 21.1 Å². The molecule has 6 heteroatoms. The summed E-state index contributed by atoms with van der Waals surface area (Å²) in [6, 6.07) is 3.28. The molecule has 0 spiro atoms. The van der Waals surface area contributed by atoms with Crippen molar-refractivity contribution in [3.63, 3.8) is 0 Å². The van der Waals surface area contributed by atoms with Gasteiger partial charge in [-0.1, -0.05) is 38.4 Å². The summed E-state index contributed by atoms with van der Waals surface area (Å²) in [5.41, 5.74) is 0.644. The van der Waals surface area contributed by atoms with E-state index in [1.807, 2.05) is 20.8 Å². The Labute approximate surface area is 126 Å². The molecule has 0 N–H and O–H groups in total. The molecule has 1 aromatic rings. The van der Waals surface area contributed by atoms with Gasteiger partial charge in [0.25, 0.3) is 0 Å². The van der Waals surface area contributed by atoms with Crippen LogP contribution >= 0.6 is 11.6 Å². The molecule has 0 saturated heterocycles. The third-order valence-electron chi connectivity index (χ3n) is 2.80. The summed E-state index contributed by atoms with van der Waals surface area (Å²) in [6.45, 7) is 6.62. The zero-order valence-electron chi connectivity index (χ0n) is 12.5. The Morgan fingerprint density at radius 2 is 1.80 bits per heavy atom. The molecule has 0 amide bonds. The molecule has 0 fully saturated rings. The highest BCUT2D eigenvalue weighted by Gasteiger charge is 2.25. The fourth-order valence-electron chi connectivity index (χ4n) is 1.77. The number of rotatable bonds is 5. The molecule has 0 aliphatic carbocycles. The van der Waals surface area contributed by atoms with Gasteiger partial charge in [-0.05, 0) is 17.0 Å². The minimum Gasteiger partial charge on any atom is -0.488 e. The van der Waals surface area contributed by atoms with Gasteiger partial charge in [-0.3, -0.25) is 0 Å². The van der Waals surface area contributed by atoms with Gasteiger partial charge in [0.1, 0.15) is 11.5 Å². The molecule has 0 aliphatic rings. The lowest BCUT2D eigenvalue weighted by Crippen LogP contribution is -2.15.